The van der Waals surface area contributed by atoms with Crippen molar-refractivity contribution in [3.8, 4) is 0 Å². The maximum Gasteiger partial charge on any atom is 0.155 e. The van der Waals surface area contributed by atoms with Gasteiger partial charge in [0, 0.05) is 6.42 Å². The highest BCUT2D eigenvalue weighted by atomic mass is 19.1. The molecule has 0 atom stereocenters. The zero-order chi connectivity index (χ0) is 7.56. The predicted octanol–water partition coefficient (Wildman–Crippen LogP) is 2.06. The molecule has 0 aromatic carbocycles. The van der Waals surface area contributed by atoms with Crippen molar-refractivity contribution in [2.75, 3.05) is 0 Å². The first kappa shape index (κ1) is 7.12. The number of hydrogen-bond donors (Lipinski definition) is 0. The maximum absolute atomic E-state index is 12.5. The second kappa shape index (κ2) is 2.73. The second-order valence-electron chi connectivity index (χ2n) is 2.03. The average Bonchev–Trinajstić information content (AvgIpc) is 1.88. The lowest BCUT2D eigenvalue weighted by Crippen LogP contribution is -1.95. The van der Waals surface area contributed by atoms with Crippen molar-refractivity contribution in [2.45, 2.75) is 12.8 Å². The molecule has 1 aliphatic rings. The first-order chi connectivity index (χ1) is 4.75. The number of aldehydes is 1. The summed E-state index contributed by atoms with van der Waals surface area (Å²) in [6, 6.07) is 0. The van der Waals surface area contributed by atoms with Crippen LogP contribution in [0.25, 0.3) is 0 Å². The Hall–Kier alpha value is -0.990. The van der Waals surface area contributed by atoms with Crippen LogP contribution in [-0.4, -0.2) is 6.29 Å². The Balaban J connectivity index is 2.97. The summed E-state index contributed by atoms with van der Waals surface area (Å²) in [5.41, 5.74) is -0.425. The van der Waals surface area contributed by atoms with Crippen molar-refractivity contribution >= 4 is 6.29 Å². The Morgan fingerprint density at radius 3 is 2.60 bits per heavy atom. The van der Waals surface area contributed by atoms with Gasteiger partial charge in [-0.1, -0.05) is 0 Å². The number of hydrogen-bond acceptors (Lipinski definition) is 1. The number of carbonyl (C=O) groups is 1. The molecule has 0 aromatic heterocycles. The summed E-state index contributed by atoms with van der Waals surface area (Å²) in [5, 5.41) is 0. The Morgan fingerprint density at radius 2 is 2.20 bits per heavy atom. The lowest BCUT2D eigenvalue weighted by atomic mass is 10.1. The van der Waals surface area contributed by atoms with E-state index in [9.17, 15) is 13.6 Å². The Bertz CT molecular complexity index is 216. The molecule has 0 aliphatic heterocycles. The van der Waals surface area contributed by atoms with Crippen LogP contribution in [-0.2, 0) is 4.79 Å². The normalized spacial score (nSPS) is 18.8. The van der Waals surface area contributed by atoms with E-state index in [1.54, 1.807) is 0 Å². The van der Waals surface area contributed by atoms with Crippen molar-refractivity contribution in [3.05, 3.63) is 23.3 Å². The molecule has 0 radical (unpaired) electrons. The van der Waals surface area contributed by atoms with E-state index in [2.05, 4.69) is 0 Å². The number of halogens is 2. The summed E-state index contributed by atoms with van der Waals surface area (Å²) in [6.07, 6.45) is 1.91. The molecule has 0 saturated carbocycles. The molecule has 0 fully saturated rings. The van der Waals surface area contributed by atoms with Crippen molar-refractivity contribution < 1.29 is 13.6 Å². The highest BCUT2D eigenvalue weighted by molar-refractivity contribution is 5.80. The van der Waals surface area contributed by atoms with Gasteiger partial charge in [-0.3, -0.25) is 4.79 Å². The predicted molar refractivity (Wildman–Crippen MR) is 32.6 cm³/mol. The first-order valence-corrected chi connectivity index (χ1v) is 2.95. The fourth-order valence-electron chi connectivity index (χ4n) is 0.820. The molecule has 0 N–H and O–H groups in total. The zero-order valence-corrected chi connectivity index (χ0v) is 5.23. The monoisotopic (exact) mass is 144 g/mol. The highest BCUT2D eigenvalue weighted by Gasteiger charge is 2.14. The minimum absolute atomic E-state index is 0.140. The molecular weight excluding hydrogens is 138 g/mol. The van der Waals surface area contributed by atoms with E-state index in [-0.39, 0.29) is 12.7 Å². The largest absolute Gasteiger partial charge is 0.298 e. The summed E-state index contributed by atoms with van der Waals surface area (Å²) in [4.78, 5) is 10.0. The van der Waals surface area contributed by atoms with Gasteiger partial charge >= 0.3 is 0 Å². The summed E-state index contributed by atoms with van der Waals surface area (Å²) >= 11 is 0. The van der Waals surface area contributed by atoms with Gasteiger partial charge in [-0.05, 0) is 12.5 Å². The van der Waals surface area contributed by atoms with Gasteiger partial charge in [-0.2, -0.15) is 0 Å². The van der Waals surface area contributed by atoms with Crippen LogP contribution >= 0.6 is 0 Å². The van der Waals surface area contributed by atoms with Gasteiger partial charge in [0.1, 0.15) is 11.7 Å². The molecule has 3 heteroatoms. The Kier molecular flexibility index (Phi) is 1.94. The van der Waals surface area contributed by atoms with Crippen LogP contribution in [0.4, 0.5) is 8.78 Å². The van der Waals surface area contributed by atoms with Gasteiger partial charge < -0.3 is 0 Å². The Morgan fingerprint density at radius 1 is 1.50 bits per heavy atom. The second-order valence-corrected chi connectivity index (χ2v) is 2.03. The van der Waals surface area contributed by atoms with E-state index >= 15 is 0 Å². The summed E-state index contributed by atoms with van der Waals surface area (Å²) in [7, 11) is 0. The van der Waals surface area contributed by atoms with Crippen LogP contribution in [0.15, 0.2) is 23.3 Å². The highest BCUT2D eigenvalue weighted by Crippen LogP contribution is 2.24. The number of rotatable bonds is 1. The quantitative estimate of drug-likeness (QED) is 0.515. The number of allylic oxidation sites excluding steroid dienone is 4. The molecule has 0 unspecified atom stereocenters. The molecule has 1 rings (SSSR count). The van der Waals surface area contributed by atoms with E-state index in [0.717, 1.165) is 0 Å². The molecule has 54 valence electrons. The lowest BCUT2D eigenvalue weighted by molar-refractivity contribution is -0.105. The molecule has 0 heterocycles. The van der Waals surface area contributed by atoms with Crippen LogP contribution in [0.1, 0.15) is 12.8 Å². The smallest absolute Gasteiger partial charge is 0.155 e. The van der Waals surface area contributed by atoms with Gasteiger partial charge in [0.15, 0.2) is 6.29 Å². The van der Waals surface area contributed by atoms with E-state index < -0.39 is 17.2 Å². The van der Waals surface area contributed by atoms with Crippen LogP contribution in [0.2, 0.25) is 0 Å². The van der Waals surface area contributed by atoms with Gasteiger partial charge in [0.2, 0.25) is 0 Å². The van der Waals surface area contributed by atoms with Gasteiger partial charge in [-0.15, -0.1) is 0 Å². The van der Waals surface area contributed by atoms with Crippen molar-refractivity contribution in [2.24, 2.45) is 0 Å². The van der Waals surface area contributed by atoms with Crippen LogP contribution < -0.4 is 0 Å². The average molecular weight is 144 g/mol. The van der Waals surface area contributed by atoms with Gasteiger partial charge in [-0.25, -0.2) is 8.78 Å². The molecule has 0 amide bonds. The minimum Gasteiger partial charge on any atom is -0.298 e. The summed E-state index contributed by atoms with van der Waals surface area (Å²) in [6.45, 7) is 0. The van der Waals surface area contributed by atoms with E-state index in [4.69, 9.17) is 0 Å². The molecule has 0 saturated heterocycles. The van der Waals surface area contributed by atoms with E-state index in [1.165, 1.54) is 6.08 Å². The van der Waals surface area contributed by atoms with Gasteiger partial charge in [0.25, 0.3) is 0 Å². The lowest BCUT2D eigenvalue weighted by Gasteiger charge is -2.04. The maximum atomic E-state index is 12.5. The fourth-order valence-corrected chi connectivity index (χ4v) is 0.820. The third-order valence-electron chi connectivity index (χ3n) is 1.35. The fraction of sp³-hybridized carbons (Fsp3) is 0.286. The van der Waals surface area contributed by atoms with E-state index in [1.807, 2.05) is 0 Å². The molecule has 10 heavy (non-hydrogen) atoms. The van der Waals surface area contributed by atoms with Crippen LogP contribution in [0.3, 0.4) is 0 Å². The third-order valence-corrected chi connectivity index (χ3v) is 1.35. The molecule has 1 aliphatic carbocycles. The topological polar surface area (TPSA) is 17.1 Å². The summed E-state index contributed by atoms with van der Waals surface area (Å²) in [5.74, 6) is -1.38. The molecule has 0 bridgehead atoms. The molecular formula is C7H6F2O. The minimum atomic E-state index is -0.737. The standard InChI is InChI=1S/C7H6F2O/c8-6-2-1-3-7(9)5(6)4-10/h2,4H,1,3H2. The third kappa shape index (κ3) is 1.12. The van der Waals surface area contributed by atoms with Crippen molar-refractivity contribution in [1.29, 1.82) is 0 Å². The zero-order valence-electron chi connectivity index (χ0n) is 5.23. The Labute approximate surface area is 57.0 Å². The van der Waals surface area contributed by atoms with Crippen molar-refractivity contribution in [1.82, 2.24) is 0 Å². The summed E-state index contributed by atoms with van der Waals surface area (Å²) < 4.78 is 24.9. The van der Waals surface area contributed by atoms with Gasteiger partial charge in [0.05, 0.1) is 5.57 Å². The van der Waals surface area contributed by atoms with E-state index in [0.29, 0.717) is 6.42 Å². The van der Waals surface area contributed by atoms with Crippen molar-refractivity contribution in [3.63, 3.8) is 0 Å². The molecule has 0 aromatic rings. The molecule has 0 spiro atoms. The molecule has 1 nitrogen and oxygen atoms in total. The SMILES string of the molecule is O=CC1=C(F)CCC=C1F. The first-order valence-electron chi connectivity index (χ1n) is 2.95. The van der Waals surface area contributed by atoms with Crippen LogP contribution in [0, 0.1) is 0 Å². The number of carbonyl (C=O) groups excluding carboxylic acids is 1. The van der Waals surface area contributed by atoms with Crippen LogP contribution in [0.5, 0.6) is 0 Å².